The van der Waals surface area contributed by atoms with Gasteiger partial charge in [0.25, 0.3) is 5.91 Å². The molecule has 0 unspecified atom stereocenters. The van der Waals surface area contributed by atoms with Crippen molar-refractivity contribution in [3.63, 3.8) is 0 Å². The van der Waals surface area contributed by atoms with Crippen LogP contribution in [0.2, 0.25) is 0 Å². The molecule has 0 aliphatic heterocycles. The van der Waals surface area contributed by atoms with Crippen LogP contribution in [0.25, 0.3) is 5.57 Å². The van der Waals surface area contributed by atoms with Crippen molar-refractivity contribution in [3.8, 4) is 0 Å². The molecule has 6 heteroatoms. The molecule has 0 radical (unpaired) electrons. The van der Waals surface area contributed by atoms with Crippen molar-refractivity contribution in [2.24, 2.45) is 0 Å². The van der Waals surface area contributed by atoms with Crippen LogP contribution in [0.3, 0.4) is 0 Å². The summed E-state index contributed by atoms with van der Waals surface area (Å²) in [5, 5.41) is 2.47. The number of nitrogens with one attached hydrogen (secondary N) is 1. The van der Waals surface area contributed by atoms with Crippen LogP contribution in [0, 0.1) is 0 Å². The highest BCUT2D eigenvalue weighted by Crippen LogP contribution is 2.21. The van der Waals surface area contributed by atoms with Crippen molar-refractivity contribution in [1.82, 2.24) is 5.32 Å². The van der Waals surface area contributed by atoms with Gasteiger partial charge in [0.05, 0.1) is 19.8 Å². The molecular weight excluding hydrogens is 262 g/mol. The number of hydrogen-bond acceptors (Lipinski definition) is 5. The highest BCUT2D eigenvalue weighted by Gasteiger charge is 2.20. The Balaban J connectivity index is 3.42. The smallest absolute Gasteiger partial charge is 0.338 e. The summed E-state index contributed by atoms with van der Waals surface area (Å²) in [4.78, 5) is 35.0. The van der Waals surface area contributed by atoms with Gasteiger partial charge in [-0.05, 0) is 6.07 Å². The van der Waals surface area contributed by atoms with Crippen molar-refractivity contribution in [2.75, 3.05) is 21.3 Å². The van der Waals surface area contributed by atoms with Gasteiger partial charge in [-0.3, -0.25) is 4.79 Å². The highest BCUT2D eigenvalue weighted by atomic mass is 16.5. The van der Waals surface area contributed by atoms with E-state index in [1.165, 1.54) is 21.3 Å². The van der Waals surface area contributed by atoms with E-state index in [-0.39, 0.29) is 17.0 Å². The lowest BCUT2D eigenvalue weighted by Gasteiger charge is -2.10. The standard InChI is InChI=1S/C14H15NO5/c1-15-13(17)10-7-5-4-6-9(10)11(14(18)20-3)8-12(16)19-2/h4-8H,1-3H3,(H,15,17)/b11-8-. The molecule has 0 saturated heterocycles. The summed E-state index contributed by atoms with van der Waals surface area (Å²) in [5.74, 6) is -1.82. The minimum Gasteiger partial charge on any atom is -0.466 e. The summed E-state index contributed by atoms with van der Waals surface area (Å²) in [6, 6.07) is 6.40. The zero-order valence-corrected chi connectivity index (χ0v) is 11.4. The minimum absolute atomic E-state index is 0.0430. The molecule has 0 heterocycles. The van der Waals surface area contributed by atoms with Crippen molar-refractivity contribution in [2.45, 2.75) is 0 Å². The normalized spacial score (nSPS) is 10.7. The summed E-state index contributed by atoms with van der Waals surface area (Å²) in [6.45, 7) is 0. The molecule has 106 valence electrons. The van der Waals surface area contributed by atoms with E-state index in [9.17, 15) is 14.4 Å². The fourth-order valence-electron chi connectivity index (χ4n) is 1.58. The van der Waals surface area contributed by atoms with E-state index in [4.69, 9.17) is 0 Å². The second kappa shape index (κ2) is 7.08. The van der Waals surface area contributed by atoms with Crippen LogP contribution >= 0.6 is 0 Å². The Hall–Kier alpha value is -2.63. The number of ether oxygens (including phenoxy) is 2. The van der Waals surface area contributed by atoms with Crippen LogP contribution in [0.1, 0.15) is 15.9 Å². The van der Waals surface area contributed by atoms with Gasteiger partial charge >= 0.3 is 11.9 Å². The van der Waals surface area contributed by atoms with Crippen LogP contribution in [-0.2, 0) is 19.1 Å². The van der Waals surface area contributed by atoms with E-state index in [1.54, 1.807) is 24.3 Å². The highest BCUT2D eigenvalue weighted by molar-refractivity contribution is 6.22. The van der Waals surface area contributed by atoms with Gasteiger partial charge in [-0.25, -0.2) is 9.59 Å². The molecule has 1 N–H and O–H groups in total. The Morgan fingerprint density at radius 2 is 1.65 bits per heavy atom. The third-order valence-corrected chi connectivity index (χ3v) is 2.56. The molecule has 1 rings (SSSR count). The first-order valence-corrected chi connectivity index (χ1v) is 5.74. The van der Waals surface area contributed by atoms with Crippen molar-refractivity contribution >= 4 is 23.4 Å². The van der Waals surface area contributed by atoms with Crippen molar-refractivity contribution < 1.29 is 23.9 Å². The van der Waals surface area contributed by atoms with Crippen LogP contribution in [0.5, 0.6) is 0 Å². The van der Waals surface area contributed by atoms with E-state index in [0.29, 0.717) is 5.56 Å². The van der Waals surface area contributed by atoms with Gasteiger partial charge in [0.2, 0.25) is 0 Å². The lowest BCUT2D eigenvalue weighted by atomic mass is 9.98. The molecule has 0 aromatic heterocycles. The summed E-state index contributed by atoms with van der Waals surface area (Å²) in [6.07, 6.45) is 0.994. The van der Waals surface area contributed by atoms with Gasteiger partial charge in [-0.15, -0.1) is 0 Å². The third-order valence-electron chi connectivity index (χ3n) is 2.56. The Morgan fingerprint density at radius 1 is 1.05 bits per heavy atom. The SMILES string of the molecule is CNC(=O)c1ccccc1/C(=C/C(=O)OC)C(=O)OC. The molecule has 0 aliphatic carbocycles. The van der Waals surface area contributed by atoms with Gasteiger partial charge in [-0.1, -0.05) is 18.2 Å². The zero-order chi connectivity index (χ0) is 15.1. The number of methoxy groups -OCH3 is 2. The largest absolute Gasteiger partial charge is 0.466 e. The number of carbonyl (C=O) groups is 3. The van der Waals surface area contributed by atoms with Gasteiger partial charge in [0.1, 0.15) is 0 Å². The van der Waals surface area contributed by atoms with Crippen LogP contribution < -0.4 is 5.32 Å². The molecular formula is C14H15NO5. The van der Waals surface area contributed by atoms with E-state index in [0.717, 1.165) is 6.08 Å². The predicted octanol–water partition coefficient (Wildman–Crippen LogP) is 0.776. The molecule has 0 saturated carbocycles. The van der Waals surface area contributed by atoms with E-state index in [2.05, 4.69) is 14.8 Å². The minimum atomic E-state index is -0.730. The molecule has 1 amide bonds. The molecule has 1 aromatic carbocycles. The molecule has 0 aliphatic rings. The Kier molecular flexibility index (Phi) is 5.46. The molecule has 0 atom stereocenters. The molecule has 0 bridgehead atoms. The van der Waals surface area contributed by atoms with Crippen molar-refractivity contribution in [1.29, 1.82) is 0 Å². The van der Waals surface area contributed by atoms with Gasteiger partial charge in [0.15, 0.2) is 0 Å². The summed E-state index contributed by atoms with van der Waals surface area (Å²) >= 11 is 0. The van der Waals surface area contributed by atoms with Gasteiger partial charge < -0.3 is 14.8 Å². The van der Waals surface area contributed by atoms with E-state index < -0.39 is 11.9 Å². The number of benzene rings is 1. The maximum atomic E-state index is 11.8. The second-order valence-corrected chi connectivity index (χ2v) is 3.70. The quantitative estimate of drug-likeness (QED) is 0.649. The average Bonchev–Trinajstić information content (AvgIpc) is 2.50. The molecule has 0 fully saturated rings. The first-order chi connectivity index (χ1) is 9.54. The lowest BCUT2D eigenvalue weighted by Crippen LogP contribution is -2.20. The monoisotopic (exact) mass is 277 g/mol. The Bertz CT molecular complexity index is 562. The average molecular weight is 277 g/mol. The number of carbonyl (C=O) groups excluding carboxylic acids is 3. The lowest BCUT2D eigenvalue weighted by molar-refractivity contribution is -0.136. The second-order valence-electron chi connectivity index (χ2n) is 3.70. The maximum absolute atomic E-state index is 11.8. The topological polar surface area (TPSA) is 81.7 Å². The number of rotatable bonds is 4. The fourth-order valence-corrected chi connectivity index (χ4v) is 1.58. The van der Waals surface area contributed by atoms with Crippen LogP contribution in [0.15, 0.2) is 30.3 Å². The summed E-state index contributed by atoms with van der Waals surface area (Å²) in [7, 11) is 3.86. The summed E-state index contributed by atoms with van der Waals surface area (Å²) < 4.78 is 9.13. The Morgan fingerprint density at radius 3 is 2.15 bits per heavy atom. The maximum Gasteiger partial charge on any atom is 0.338 e. The third kappa shape index (κ3) is 3.44. The Labute approximate surface area is 116 Å². The van der Waals surface area contributed by atoms with Gasteiger partial charge in [0, 0.05) is 24.3 Å². The number of hydrogen-bond donors (Lipinski definition) is 1. The van der Waals surface area contributed by atoms with Gasteiger partial charge in [-0.2, -0.15) is 0 Å². The molecule has 0 spiro atoms. The van der Waals surface area contributed by atoms with Crippen LogP contribution in [0.4, 0.5) is 0 Å². The van der Waals surface area contributed by atoms with E-state index >= 15 is 0 Å². The predicted molar refractivity (Wildman–Crippen MR) is 71.8 cm³/mol. The zero-order valence-electron chi connectivity index (χ0n) is 11.4. The van der Waals surface area contributed by atoms with E-state index in [1.807, 2.05) is 0 Å². The van der Waals surface area contributed by atoms with Crippen LogP contribution in [-0.4, -0.2) is 39.1 Å². The molecule has 20 heavy (non-hydrogen) atoms. The first-order valence-electron chi connectivity index (χ1n) is 5.74. The molecule has 6 nitrogen and oxygen atoms in total. The summed E-state index contributed by atoms with van der Waals surface area (Å²) in [5.41, 5.74) is 0.512. The number of amides is 1. The first kappa shape index (κ1) is 15.4. The number of esters is 2. The van der Waals surface area contributed by atoms with Crippen molar-refractivity contribution in [3.05, 3.63) is 41.5 Å². The fraction of sp³-hybridized carbons (Fsp3) is 0.214. The molecule has 1 aromatic rings.